The Balaban J connectivity index is 1.80. The summed E-state index contributed by atoms with van der Waals surface area (Å²) in [7, 11) is -3.65. The van der Waals surface area contributed by atoms with E-state index in [1.165, 1.54) is 29.4 Å². The third-order valence-electron chi connectivity index (χ3n) is 3.89. The summed E-state index contributed by atoms with van der Waals surface area (Å²) in [6.45, 7) is 2.12. The number of rotatable bonds is 3. The molecule has 23 heavy (non-hydrogen) atoms. The Morgan fingerprint density at radius 3 is 2.70 bits per heavy atom. The van der Waals surface area contributed by atoms with Gasteiger partial charge in [-0.05, 0) is 25.0 Å². The predicted molar refractivity (Wildman–Crippen MR) is 82.4 cm³/mol. The topological polar surface area (TPSA) is 112 Å². The zero-order chi connectivity index (χ0) is 16.6. The van der Waals surface area contributed by atoms with Gasteiger partial charge in [0.1, 0.15) is 0 Å². The number of nitrogens with one attached hydrogen (secondary N) is 2. The smallest absolute Gasteiger partial charge is 0.408 e. The summed E-state index contributed by atoms with van der Waals surface area (Å²) in [5, 5.41) is 2.81. The molecule has 1 aromatic heterocycles. The maximum atomic E-state index is 12.7. The van der Waals surface area contributed by atoms with Crippen LogP contribution in [0.4, 0.5) is 0 Å². The molecule has 9 heteroatoms. The highest BCUT2D eigenvalue weighted by Crippen LogP contribution is 2.23. The van der Waals surface area contributed by atoms with E-state index in [4.69, 9.17) is 4.42 Å². The van der Waals surface area contributed by atoms with Crippen LogP contribution in [0.2, 0.25) is 0 Å². The van der Waals surface area contributed by atoms with Crippen LogP contribution >= 0.6 is 0 Å². The molecule has 1 aliphatic heterocycles. The maximum absolute atomic E-state index is 12.7. The van der Waals surface area contributed by atoms with Gasteiger partial charge in [0.2, 0.25) is 15.9 Å². The molecule has 2 heterocycles. The van der Waals surface area contributed by atoms with Crippen molar-refractivity contribution in [1.29, 1.82) is 0 Å². The van der Waals surface area contributed by atoms with E-state index >= 15 is 0 Å². The van der Waals surface area contributed by atoms with E-state index in [-0.39, 0.29) is 22.4 Å². The standard InChI is InChI=1S/C14H17N3O5S/c1-9(18)15-10-4-6-17(7-5-10)23(20,21)11-2-3-12-13(8-11)22-14(19)16-12/h2-3,8,10H,4-7H2,1H3,(H,15,18)(H,16,19). The normalized spacial score (nSPS) is 17.4. The summed E-state index contributed by atoms with van der Waals surface area (Å²) in [6.07, 6.45) is 1.14. The van der Waals surface area contributed by atoms with Crippen molar-refractivity contribution in [3.05, 3.63) is 28.7 Å². The van der Waals surface area contributed by atoms with E-state index in [1.54, 1.807) is 0 Å². The van der Waals surface area contributed by atoms with E-state index in [0.29, 0.717) is 31.4 Å². The van der Waals surface area contributed by atoms with Crippen LogP contribution in [0.5, 0.6) is 0 Å². The largest absolute Gasteiger partial charge is 0.417 e. The average molecular weight is 339 g/mol. The number of nitrogens with zero attached hydrogens (tertiary/aromatic N) is 1. The Kier molecular flexibility index (Phi) is 3.99. The molecule has 0 aliphatic carbocycles. The number of carbonyl (C=O) groups is 1. The van der Waals surface area contributed by atoms with Crippen LogP contribution in [0, 0.1) is 0 Å². The minimum Gasteiger partial charge on any atom is -0.408 e. The monoisotopic (exact) mass is 339 g/mol. The number of piperidine rings is 1. The second-order valence-electron chi connectivity index (χ2n) is 5.55. The van der Waals surface area contributed by atoms with E-state index < -0.39 is 15.8 Å². The first-order chi connectivity index (χ1) is 10.9. The summed E-state index contributed by atoms with van der Waals surface area (Å²) in [4.78, 5) is 24.8. The number of amides is 1. The Morgan fingerprint density at radius 2 is 2.04 bits per heavy atom. The number of hydrogen-bond acceptors (Lipinski definition) is 5. The summed E-state index contributed by atoms with van der Waals surface area (Å²) in [5.74, 6) is -0.732. The molecule has 1 aliphatic rings. The first-order valence-corrected chi connectivity index (χ1v) is 8.70. The van der Waals surface area contributed by atoms with Gasteiger partial charge < -0.3 is 9.73 Å². The van der Waals surface area contributed by atoms with Crippen molar-refractivity contribution in [3.63, 3.8) is 0 Å². The van der Waals surface area contributed by atoms with E-state index in [9.17, 15) is 18.0 Å². The zero-order valence-corrected chi connectivity index (χ0v) is 13.4. The summed E-state index contributed by atoms with van der Waals surface area (Å²) in [6, 6.07) is 4.31. The van der Waals surface area contributed by atoms with Gasteiger partial charge in [-0.1, -0.05) is 0 Å². The zero-order valence-electron chi connectivity index (χ0n) is 12.5. The summed E-state index contributed by atoms with van der Waals surface area (Å²) in [5.41, 5.74) is 0.669. The lowest BCUT2D eigenvalue weighted by Crippen LogP contribution is -2.45. The lowest BCUT2D eigenvalue weighted by molar-refractivity contribution is -0.119. The van der Waals surface area contributed by atoms with Crippen molar-refractivity contribution < 1.29 is 17.6 Å². The van der Waals surface area contributed by atoms with Gasteiger partial charge in [0.15, 0.2) is 5.58 Å². The fraction of sp³-hybridized carbons (Fsp3) is 0.429. The fourth-order valence-electron chi connectivity index (χ4n) is 2.76. The quantitative estimate of drug-likeness (QED) is 0.841. The van der Waals surface area contributed by atoms with E-state index in [1.807, 2.05) is 0 Å². The van der Waals surface area contributed by atoms with Gasteiger partial charge in [0.05, 0.1) is 10.4 Å². The molecule has 2 aromatic rings. The lowest BCUT2D eigenvalue weighted by atomic mass is 10.1. The lowest BCUT2D eigenvalue weighted by Gasteiger charge is -2.31. The highest BCUT2D eigenvalue weighted by molar-refractivity contribution is 7.89. The molecule has 0 radical (unpaired) electrons. The van der Waals surface area contributed by atoms with Crippen LogP contribution < -0.4 is 11.1 Å². The third kappa shape index (κ3) is 3.15. The van der Waals surface area contributed by atoms with Crippen molar-refractivity contribution in [2.24, 2.45) is 0 Å². The van der Waals surface area contributed by atoms with Gasteiger partial charge in [0.25, 0.3) is 0 Å². The molecule has 0 unspecified atom stereocenters. The van der Waals surface area contributed by atoms with Gasteiger partial charge in [0, 0.05) is 32.1 Å². The predicted octanol–water partition coefficient (Wildman–Crippen LogP) is 0.410. The van der Waals surface area contributed by atoms with Gasteiger partial charge in [-0.3, -0.25) is 9.78 Å². The third-order valence-corrected chi connectivity index (χ3v) is 5.79. The second kappa shape index (κ2) is 5.82. The van der Waals surface area contributed by atoms with Crippen molar-refractivity contribution in [1.82, 2.24) is 14.6 Å². The SMILES string of the molecule is CC(=O)NC1CCN(S(=O)(=O)c2ccc3[nH]c(=O)oc3c2)CC1. The highest BCUT2D eigenvalue weighted by atomic mass is 32.2. The number of oxazole rings is 1. The summed E-state index contributed by atoms with van der Waals surface area (Å²) < 4.78 is 31.6. The van der Waals surface area contributed by atoms with Crippen LogP contribution in [0.1, 0.15) is 19.8 Å². The molecule has 1 fully saturated rings. The van der Waals surface area contributed by atoms with Crippen molar-refractivity contribution >= 4 is 27.0 Å². The van der Waals surface area contributed by atoms with Crippen LogP contribution in [-0.4, -0.2) is 42.7 Å². The van der Waals surface area contributed by atoms with Gasteiger partial charge in [-0.25, -0.2) is 13.2 Å². The van der Waals surface area contributed by atoms with Crippen LogP contribution in [0.3, 0.4) is 0 Å². The van der Waals surface area contributed by atoms with Crippen LogP contribution in [-0.2, 0) is 14.8 Å². The minimum absolute atomic E-state index is 0.00382. The number of H-pyrrole nitrogens is 1. The molecule has 0 spiro atoms. The Bertz CT molecular complexity index is 891. The van der Waals surface area contributed by atoms with E-state index in [2.05, 4.69) is 10.3 Å². The Morgan fingerprint density at radius 1 is 1.35 bits per heavy atom. The molecule has 124 valence electrons. The van der Waals surface area contributed by atoms with Crippen molar-refractivity contribution in [2.75, 3.05) is 13.1 Å². The van der Waals surface area contributed by atoms with Crippen LogP contribution in [0.15, 0.2) is 32.3 Å². The van der Waals surface area contributed by atoms with Gasteiger partial charge in [-0.15, -0.1) is 0 Å². The first-order valence-electron chi connectivity index (χ1n) is 7.26. The first kappa shape index (κ1) is 15.8. The highest BCUT2D eigenvalue weighted by Gasteiger charge is 2.30. The summed E-state index contributed by atoms with van der Waals surface area (Å²) >= 11 is 0. The fourth-order valence-corrected chi connectivity index (χ4v) is 4.25. The number of aromatic amines is 1. The molecule has 0 bridgehead atoms. The molecule has 1 saturated heterocycles. The number of benzene rings is 1. The van der Waals surface area contributed by atoms with Crippen molar-refractivity contribution in [3.8, 4) is 0 Å². The number of sulfonamides is 1. The average Bonchev–Trinajstić information content (AvgIpc) is 2.86. The minimum atomic E-state index is -3.65. The van der Waals surface area contributed by atoms with Crippen molar-refractivity contribution in [2.45, 2.75) is 30.7 Å². The molecule has 1 aromatic carbocycles. The van der Waals surface area contributed by atoms with Crippen LogP contribution in [0.25, 0.3) is 11.1 Å². The molecule has 8 nitrogen and oxygen atoms in total. The van der Waals surface area contributed by atoms with Gasteiger partial charge in [-0.2, -0.15) is 4.31 Å². The Labute approximate surface area is 132 Å². The maximum Gasteiger partial charge on any atom is 0.417 e. The van der Waals surface area contributed by atoms with E-state index in [0.717, 1.165) is 0 Å². The Hall–Kier alpha value is -2.13. The second-order valence-corrected chi connectivity index (χ2v) is 7.49. The molecule has 0 atom stereocenters. The number of aromatic nitrogens is 1. The molecular weight excluding hydrogens is 322 g/mol. The number of carbonyl (C=O) groups excluding carboxylic acids is 1. The molecule has 1 amide bonds. The number of fused-ring (bicyclic) bond motifs is 1. The molecule has 2 N–H and O–H groups in total. The number of hydrogen-bond donors (Lipinski definition) is 2. The molecule has 3 rings (SSSR count). The molecular formula is C14H17N3O5S. The molecule has 0 saturated carbocycles. The van der Waals surface area contributed by atoms with Gasteiger partial charge >= 0.3 is 5.76 Å².